The number of benzene rings is 2. The van der Waals surface area contributed by atoms with Gasteiger partial charge in [-0.3, -0.25) is 9.59 Å². The molecule has 0 atom stereocenters. The van der Waals surface area contributed by atoms with Gasteiger partial charge in [0.1, 0.15) is 0 Å². The Bertz CT molecular complexity index is 948. The molecule has 10 heteroatoms. The molecule has 27 heavy (non-hydrogen) atoms. The van der Waals surface area contributed by atoms with E-state index in [1.165, 1.54) is 18.2 Å². The van der Waals surface area contributed by atoms with Crippen LogP contribution in [0.15, 0.2) is 51.8 Å². The minimum absolute atomic E-state index is 0.0154. The summed E-state index contributed by atoms with van der Waals surface area (Å²) >= 11 is 14.9. The number of carbonyl (C=O) groups is 2. The zero-order chi connectivity index (χ0) is 20.0. The number of nitrogens with one attached hydrogen (secondary N) is 1. The van der Waals surface area contributed by atoms with Gasteiger partial charge in [-0.15, -0.1) is 0 Å². The lowest BCUT2D eigenvalue weighted by Gasteiger charge is -2.08. The first-order chi connectivity index (χ1) is 12.7. The van der Waals surface area contributed by atoms with Crippen molar-refractivity contribution in [3.8, 4) is 0 Å². The van der Waals surface area contributed by atoms with Crippen LogP contribution in [0.5, 0.6) is 0 Å². The summed E-state index contributed by atoms with van der Waals surface area (Å²) in [5, 5.41) is 2.78. The molecule has 0 fully saturated rings. The van der Waals surface area contributed by atoms with E-state index < -0.39 is 40.5 Å². The van der Waals surface area contributed by atoms with Crippen LogP contribution < -0.4 is 5.32 Å². The summed E-state index contributed by atoms with van der Waals surface area (Å²) in [5.74, 6) is -1.87. The van der Waals surface area contributed by atoms with Crippen molar-refractivity contribution in [3.05, 3.63) is 57.0 Å². The van der Waals surface area contributed by atoms with Gasteiger partial charge in [0, 0.05) is 15.2 Å². The molecule has 0 aliphatic carbocycles. The minimum atomic E-state index is -3.82. The van der Waals surface area contributed by atoms with Crippen LogP contribution in [0.3, 0.4) is 0 Å². The van der Waals surface area contributed by atoms with Crippen molar-refractivity contribution < 1.29 is 22.7 Å². The zero-order valence-electron chi connectivity index (χ0n) is 13.7. The highest BCUT2D eigenvalue weighted by Gasteiger charge is 2.21. The molecule has 1 amide bonds. The summed E-state index contributed by atoms with van der Waals surface area (Å²) in [6.45, 7) is -0.521. The molecule has 0 saturated heterocycles. The molecule has 0 radical (unpaired) electrons. The third-order valence-electron chi connectivity index (χ3n) is 3.30. The summed E-state index contributed by atoms with van der Waals surface area (Å²) in [4.78, 5) is 23.3. The fourth-order valence-corrected chi connectivity index (χ4v) is 4.29. The topological polar surface area (TPSA) is 89.5 Å². The smallest absolute Gasteiger partial charge is 0.307 e. The first-order valence-electron chi connectivity index (χ1n) is 7.56. The fourth-order valence-electron chi connectivity index (χ4n) is 1.99. The zero-order valence-corrected chi connectivity index (χ0v) is 17.7. The molecule has 0 aliphatic heterocycles. The van der Waals surface area contributed by atoms with Gasteiger partial charge in [-0.1, -0.05) is 39.1 Å². The van der Waals surface area contributed by atoms with Crippen molar-refractivity contribution in [3.63, 3.8) is 0 Å². The maximum Gasteiger partial charge on any atom is 0.307 e. The first-order valence-corrected chi connectivity index (χ1v) is 10.8. The Labute approximate surface area is 174 Å². The number of hydrogen-bond acceptors (Lipinski definition) is 5. The predicted octanol–water partition coefficient (Wildman–Crippen LogP) is 4.10. The number of rotatable bonds is 7. The van der Waals surface area contributed by atoms with Crippen LogP contribution in [0.2, 0.25) is 10.0 Å². The molecule has 0 heterocycles. The summed E-state index contributed by atoms with van der Waals surface area (Å²) in [6, 6.07) is 10.9. The van der Waals surface area contributed by atoms with E-state index in [0.29, 0.717) is 5.69 Å². The number of esters is 1. The van der Waals surface area contributed by atoms with Crippen molar-refractivity contribution in [2.75, 3.05) is 17.7 Å². The molecule has 2 aromatic carbocycles. The van der Waals surface area contributed by atoms with Crippen molar-refractivity contribution in [2.24, 2.45) is 0 Å². The molecule has 0 aromatic heterocycles. The van der Waals surface area contributed by atoms with Crippen LogP contribution in [0.1, 0.15) is 6.42 Å². The van der Waals surface area contributed by atoms with Crippen LogP contribution in [0, 0.1) is 0 Å². The number of amides is 1. The molecule has 0 spiro atoms. The van der Waals surface area contributed by atoms with Gasteiger partial charge in [0.2, 0.25) is 0 Å². The Morgan fingerprint density at radius 2 is 1.74 bits per heavy atom. The number of carbonyl (C=O) groups excluding carboxylic acids is 2. The molecular formula is C17H14BrCl2NO5S. The minimum Gasteiger partial charge on any atom is -0.456 e. The number of sulfone groups is 1. The Hall–Kier alpha value is -1.61. The van der Waals surface area contributed by atoms with Crippen molar-refractivity contribution in [2.45, 2.75) is 11.3 Å². The summed E-state index contributed by atoms with van der Waals surface area (Å²) in [5.41, 5.74) is 0.539. The van der Waals surface area contributed by atoms with E-state index in [-0.39, 0.29) is 14.9 Å². The Morgan fingerprint density at radius 1 is 1.07 bits per heavy atom. The largest absolute Gasteiger partial charge is 0.456 e. The third kappa shape index (κ3) is 6.80. The highest BCUT2D eigenvalue weighted by Crippen LogP contribution is 2.26. The molecule has 0 bridgehead atoms. The van der Waals surface area contributed by atoms with Gasteiger partial charge in [0.05, 0.1) is 22.1 Å². The van der Waals surface area contributed by atoms with E-state index in [4.69, 9.17) is 27.9 Å². The van der Waals surface area contributed by atoms with E-state index in [1.807, 2.05) is 0 Å². The molecule has 0 unspecified atom stereocenters. The molecular weight excluding hydrogens is 481 g/mol. The maximum absolute atomic E-state index is 12.3. The molecule has 0 aliphatic rings. The van der Waals surface area contributed by atoms with E-state index >= 15 is 0 Å². The van der Waals surface area contributed by atoms with E-state index in [0.717, 1.165) is 4.47 Å². The Kier molecular flexibility index (Phi) is 7.67. The van der Waals surface area contributed by atoms with Gasteiger partial charge in [0.25, 0.3) is 5.91 Å². The lowest BCUT2D eigenvalue weighted by Crippen LogP contribution is -2.22. The van der Waals surface area contributed by atoms with Crippen molar-refractivity contribution in [1.29, 1.82) is 0 Å². The molecule has 2 aromatic rings. The fraction of sp³-hybridized carbons (Fsp3) is 0.176. The molecule has 144 valence electrons. The van der Waals surface area contributed by atoms with Gasteiger partial charge in [-0.05, 0) is 42.5 Å². The third-order valence-corrected chi connectivity index (χ3v) is 6.25. The lowest BCUT2D eigenvalue weighted by molar-refractivity contribution is -0.146. The monoisotopic (exact) mass is 493 g/mol. The number of halogens is 3. The van der Waals surface area contributed by atoms with E-state index in [2.05, 4.69) is 21.2 Å². The number of hydrogen-bond donors (Lipinski definition) is 1. The maximum atomic E-state index is 12.3. The van der Waals surface area contributed by atoms with Crippen LogP contribution in [0.25, 0.3) is 0 Å². The van der Waals surface area contributed by atoms with Gasteiger partial charge >= 0.3 is 5.97 Å². The van der Waals surface area contributed by atoms with Crippen LogP contribution in [0.4, 0.5) is 5.69 Å². The second-order valence-electron chi connectivity index (χ2n) is 5.36. The standard InChI is InChI=1S/C17H14BrCl2NO5S/c18-11-1-4-13(5-2-11)21-16(22)10-26-17(23)7-8-27(24,25)15-9-12(19)3-6-14(15)20/h1-6,9H,7-8,10H2,(H,21,22). The van der Waals surface area contributed by atoms with E-state index in [9.17, 15) is 18.0 Å². The van der Waals surface area contributed by atoms with Gasteiger partial charge in [0.15, 0.2) is 16.4 Å². The van der Waals surface area contributed by atoms with Crippen LogP contribution in [-0.2, 0) is 24.2 Å². The van der Waals surface area contributed by atoms with Gasteiger partial charge in [-0.25, -0.2) is 8.42 Å². The highest BCUT2D eigenvalue weighted by molar-refractivity contribution is 9.10. The lowest BCUT2D eigenvalue weighted by atomic mass is 10.3. The Balaban J connectivity index is 1.84. The predicted molar refractivity (Wildman–Crippen MR) is 107 cm³/mol. The molecule has 6 nitrogen and oxygen atoms in total. The second kappa shape index (κ2) is 9.54. The summed E-state index contributed by atoms with van der Waals surface area (Å²) in [7, 11) is -3.82. The Morgan fingerprint density at radius 3 is 2.41 bits per heavy atom. The quantitative estimate of drug-likeness (QED) is 0.585. The molecule has 1 N–H and O–H groups in total. The average molecular weight is 495 g/mol. The average Bonchev–Trinajstić information content (AvgIpc) is 2.62. The highest BCUT2D eigenvalue weighted by atomic mass is 79.9. The SMILES string of the molecule is O=C(COC(=O)CCS(=O)(=O)c1cc(Cl)ccc1Cl)Nc1ccc(Br)cc1. The van der Waals surface area contributed by atoms with Crippen LogP contribution >= 0.6 is 39.1 Å². The summed E-state index contributed by atoms with van der Waals surface area (Å²) < 4.78 is 30.2. The number of ether oxygens (including phenoxy) is 1. The second-order valence-corrected chi connectivity index (χ2v) is 9.20. The summed E-state index contributed by atoms with van der Waals surface area (Å²) in [6.07, 6.45) is -0.420. The van der Waals surface area contributed by atoms with E-state index in [1.54, 1.807) is 24.3 Å². The first kappa shape index (κ1) is 21.7. The molecule has 2 rings (SSSR count). The normalized spacial score (nSPS) is 11.1. The van der Waals surface area contributed by atoms with Crippen molar-refractivity contribution in [1.82, 2.24) is 0 Å². The number of anilines is 1. The van der Waals surface area contributed by atoms with Crippen molar-refractivity contribution >= 4 is 66.5 Å². The van der Waals surface area contributed by atoms with Gasteiger partial charge < -0.3 is 10.1 Å². The van der Waals surface area contributed by atoms with Gasteiger partial charge in [-0.2, -0.15) is 0 Å². The molecule has 0 saturated carbocycles. The van der Waals surface area contributed by atoms with Crippen LogP contribution in [-0.4, -0.2) is 32.7 Å².